The number of nitrogens with one attached hydrogen (secondary N) is 2. The third kappa shape index (κ3) is 3.96. The van der Waals surface area contributed by atoms with Gasteiger partial charge in [-0.25, -0.2) is 0 Å². The molecule has 1 heterocycles. The van der Waals surface area contributed by atoms with Crippen molar-refractivity contribution in [3.05, 3.63) is 54.1 Å². The molecule has 0 aromatic heterocycles. The first-order valence-corrected chi connectivity index (χ1v) is 9.67. The Morgan fingerprint density at radius 1 is 1.04 bits per heavy atom. The molecule has 146 valence electrons. The van der Waals surface area contributed by atoms with Crippen LogP contribution < -0.4 is 20.1 Å². The average Bonchev–Trinajstić information content (AvgIpc) is 3.27. The summed E-state index contributed by atoms with van der Waals surface area (Å²) in [5.41, 5.74) is 1.54. The van der Waals surface area contributed by atoms with Gasteiger partial charge >= 0.3 is 0 Å². The minimum absolute atomic E-state index is 0.141. The van der Waals surface area contributed by atoms with Crippen LogP contribution in [0.1, 0.15) is 50.6 Å². The second-order valence-corrected chi connectivity index (χ2v) is 7.40. The largest absolute Gasteiger partial charge is 0.448 e. The van der Waals surface area contributed by atoms with Crippen LogP contribution in [0.25, 0.3) is 0 Å². The molecule has 2 aromatic carbocycles. The van der Waals surface area contributed by atoms with Gasteiger partial charge in [0.25, 0.3) is 5.79 Å². The highest BCUT2D eigenvalue weighted by Crippen LogP contribution is 2.47. The molecular weight excluding hydrogens is 356 g/mol. The number of benzene rings is 2. The maximum Gasteiger partial charge on any atom is 0.251 e. The van der Waals surface area contributed by atoms with Gasteiger partial charge in [-0.15, -0.1) is 0 Å². The van der Waals surface area contributed by atoms with Crippen LogP contribution >= 0.6 is 0 Å². The van der Waals surface area contributed by atoms with Gasteiger partial charge in [-0.05, 0) is 30.5 Å². The fourth-order valence-electron chi connectivity index (χ4n) is 3.87. The van der Waals surface area contributed by atoms with E-state index in [4.69, 9.17) is 9.47 Å². The standard InChI is InChI=1S/C22H24N2O4/c1-15(25)23-18(16-7-3-2-4-8-16)14-21(26)24-17-9-10-19-20(13-17)28-22(27-19)11-5-6-12-22/h2-4,7-10,13,18H,5-6,11-12,14H2,1H3,(H,23,25)(H,24,26)/t18-/m1/s1. The molecular formula is C22H24N2O4. The summed E-state index contributed by atoms with van der Waals surface area (Å²) in [6, 6.07) is 14.5. The van der Waals surface area contributed by atoms with Crippen molar-refractivity contribution in [1.82, 2.24) is 5.32 Å². The normalized spacial score (nSPS) is 17.3. The fraction of sp³-hybridized carbons (Fsp3) is 0.364. The molecule has 28 heavy (non-hydrogen) atoms. The molecule has 1 atom stereocenters. The zero-order chi connectivity index (χ0) is 19.6. The van der Waals surface area contributed by atoms with Crippen molar-refractivity contribution in [3.63, 3.8) is 0 Å². The van der Waals surface area contributed by atoms with Crippen molar-refractivity contribution in [2.75, 3.05) is 5.32 Å². The summed E-state index contributed by atoms with van der Waals surface area (Å²) in [6.45, 7) is 1.45. The van der Waals surface area contributed by atoms with E-state index in [1.54, 1.807) is 6.07 Å². The summed E-state index contributed by atoms with van der Waals surface area (Å²) in [7, 11) is 0. The zero-order valence-corrected chi connectivity index (χ0v) is 15.9. The Kier molecular flexibility index (Phi) is 4.94. The van der Waals surface area contributed by atoms with Gasteiger partial charge in [-0.1, -0.05) is 30.3 Å². The number of ether oxygens (including phenoxy) is 2. The Morgan fingerprint density at radius 3 is 2.46 bits per heavy atom. The maximum absolute atomic E-state index is 12.6. The minimum Gasteiger partial charge on any atom is -0.448 e. The first-order valence-electron chi connectivity index (χ1n) is 9.67. The summed E-state index contributed by atoms with van der Waals surface area (Å²) in [6.07, 6.45) is 4.11. The number of hydrogen-bond donors (Lipinski definition) is 2. The lowest BCUT2D eigenvalue weighted by molar-refractivity contribution is -0.120. The molecule has 1 fully saturated rings. The highest BCUT2D eigenvalue weighted by molar-refractivity contribution is 5.92. The lowest BCUT2D eigenvalue weighted by atomic mass is 10.0. The van der Waals surface area contributed by atoms with Crippen LogP contribution in [0.5, 0.6) is 11.5 Å². The highest BCUT2D eigenvalue weighted by atomic mass is 16.7. The van der Waals surface area contributed by atoms with Gasteiger partial charge < -0.3 is 20.1 Å². The topological polar surface area (TPSA) is 76.7 Å². The maximum atomic E-state index is 12.6. The van der Waals surface area contributed by atoms with Gasteiger partial charge in [-0.2, -0.15) is 0 Å². The molecule has 1 spiro atoms. The summed E-state index contributed by atoms with van der Waals surface area (Å²) in [4.78, 5) is 24.1. The van der Waals surface area contributed by atoms with E-state index < -0.39 is 5.79 Å². The Hall–Kier alpha value is -3.02. The number of carbonyl (C=O) groups is 2. The summed E-state index contributed by atoms with van der Waals surface area (Å²) in [5.74, 6) is 0.513. The Bertz CT molecular complexity index is 875. The van der Waals surface area contributed by atoms with Gasteiger partial charge in [-0.3, -0.25) is 9.59 Å². The van der Waals surface area contributed by atoms with Crippen molar-refractivity contribution in [3.8, 4) is 11.5 Å². The molecule has 0 saturated heterocycles. The van der Waals surface area contributed by atoms with Gasteiger partial charge in [0.1, 0.15) is 0 Å². The Morgan fingerprint density at radius 2 is 1.75 bits per heavy atom. The monoisotopic (exact) mass is 380 g/mol. The number of carbonyl (C=O) groups excluding carboxylic acids is 2. The van der Waals surface area contributed by atoms with Crippen molar-refractivity contribution >= 4 is 17.5 Å². The van der Waals surface area contributed by atoms with Gasteiger partial charge in [0, 0.05) is 31.5 Å². The molecule has 1 aliphatic carbocycles. The highest BCUT2D eigenvalue weighted by Gasteiger charge is 2.44. The number of anilines is 1. The summed E-state index contributed by atoms with van der Waals surface area (Å²) in [5, 5.41) is 5.74. The van der Waals surface area contributed by atoms with E-state index in [9.17, 15) is 9.59 Å². The van der Waals surface area contributed by atoms with Crippen LogP contribution in [0.4, 0.5) is 5.69 Å². The Balaban J connectivity index is 1.43. The molecule has 0 radical (unpaired) electrons. The summed E-state index contributed by atoms with van der Waals surface area (Å²) < 4.78 is 12.0. The average molecular weight is 380 g/mol. The SMILES string of the molecule is CC(=O)N[C@H](CC(=O)Nc1ccc2c(c1)OC1(CCCC1)O2)c1ccccc1. The number of amides is 2. The molecule has 0 unspecified atom stereocenters. The smallest absolute Gasteiger partial charge is 0.251 e. The number of hydrogen-bond acceptors (Lipinski definition) is 4. The van der Waals surface area contributed by atoms with Crippen molar-refractivity contribution < 1.29 is 19.1 Å². The van der Waals surface area contributed by atoms with E-state index in [2.05, 4.69) is 10.6 Å². The van der Waals surface area contributed by atoms with Crippen LogP contribution in [0, 0.1) is 0 Å². The zero-order valence-electron chi connectivity index (χ0n) is 15.9. The molecule has 2 N–H and O–H groups in total. The van der Waals surface area contributed by atoms with Crippen LogP contribution in [-0.4, -0.2) is 17.6 Å². The molecule has 4 rings (SSSR count). The first kappa shape index (κ1) is 18.3. The lowest BCUT2D eigenvalue weighted by Crippen LogP contribution is -2.34. The van der Waals surface area contributed by atoms with E-state index in [-0.39, 0.29) is 24.3 Å². The van der Waals surface area contributed by atoms with Crippen molar-refractivity contribution in [1.29, 1.82) is 0 Å². The molecule has 0 bridgehead atoms. The molecule has 1 saturated carbocycles. The van der Waals surface area contributed by atoms with Crippen LogP contribution in [0.15, 0.2) is 48.5 Å². The van der Waals surface area contributed by atoms with Gasteiger partial charge in [0.15, 0.2) is 11.5 Å². The predicted octanol–water partition coefficient (Wildman–Crippen LogP) is 3.93. The predicted molar refractivity (Wildman–Crippen MR) is 105 cm³/mol. The Labute approximate surface area is 164 Å². The van der Waals surface area contributed by atoms with E-state index in [0.29, 0.717) is 11.4 Å². The summed E-state index contributed by atoms with van der Waals surface area (Å²) >= 11 is 0. The fourth-order valence-corrected chi connectivity index (χ4v) is 3.87. The van der Waals surface area contributed by atoms with E-state index in [1.165, 1.54) is 6.92 Å². The van der Waals surface area contributed by atoms with Crippen molar-refractivity contribution in [2.45, 2.75) is 50.9 Å². The van der Waals surface area contributed by atoms with E-state index in [1.807, 2.05) is 42.5 Å². The second-order valence-electron chi connectivity index (χ2n) is 7.40. The first-order chi connectivity index (χ1) is 13.5. The lowest BCUT2D eigenvalue weighted by Gasteiger charge is -2.21. The molecule has 2 aromatic rings. The molecule has 6 nitrogen and oxygen atoms in total. The number of fused-ring (bicyclic) bond motifs is 1. The van der Waals surface area contributed by atoms with Crippen LogP contribution in [-0.2, 0) is 9.59 Å². The molecule has 6 heteroatoms. The number of rotatable bonds is 5. The second kappa shape index (κ2) is 7.54. The minimum atomic E-state index is -0.519. The molecule has 2 aliphatic rings. The molecule has 2 amide bonds. The molecule has 1 aliphatic heterocycles. The van der Waals surface area contributed by atoms with E-state index in [0.717, 1.165) is 37.0 Å². The third-order valence-corrected chi connectivity index (χ3v) is 5.15. The van der Waals surface area contributed by atoms with Crippen LogP contribution in [0.3, 0.4) is 0 Å². The van der Waals surface area contributed by atoms with Crippen LogP contribution in [0.2, 0.25) is 0 Å². The quantitative estimate of drug-likeness (QED) is 0.824. The van der Waals surface area contributed by atoms with Crippen molar-refractivity contribution in [2.24, 2.45) is 0 Å². The third-order valence-electron chi connectivity index (χ3n) is 5.15. The van der Waals surface area contributed by atoms with Gasteiger partial charge in [0.05, 0.1) is 12.5 Å². The van der Waals surface area contributed by atoms with E-state index >= 15 is 0 Å². The van der Waals surface area contributed by atoms with Gasteiger partial charge in [0.2, 0.25) is 11.8 Å².